The average molecular weight is 426 g/mol. The van der Waals surface area contributed by atoms with Gasteiger partial charge in [-0.05, 0) is 12.5 Å². The molecule has 1 amide bonds. The highest BCUT2D eigenvalue weighted by Crippen LogP contribution is 2.45. The summed E-state index contributed by atoms with van der Waals surface area (Å²) in [5.41, 5.74) is 6.36. The molecule has 7 heteroatoms. The van der Waals surface area contributed by atoms with Crippen LogP contribution >= 0.6 is 11.6 Å². The van der Waals surface area contributed by atoms with Crippen LogP contribution in [0.1, 0.15) is 6.92 Å². The number of hydrogen-bond donors (Lipinski definition) is 1. The zero-order chi connectivity index (χ0) is 20.9. The number of hydrogen-bond acceptors (Lipinski definition) is 4. The van der Waals surface area contributed by atoms with Crippen molar-refractivity contribution in [2.75, 3.05) is 43.2 Å². The van der Waals surface area contributed by atoms with E-state index in [9.17, 15) is 4.79 Å². The van der Waals surface area contributed by atoms with Crippen LogP contribution in [-0.2, 0) is 9.47 Å². The highest BCUT2D eigenvalue weighted by Gasteiger charge is 2.29. The van der Waals surface area contributed by atoms with Gasteiger partial charge in [-0.2, -0.15) is 0 Å². The Bertz CT molecular complexity index is 1000. The van der Waals surface area contributed by atoms with Crippen LogP contribution in [0.15, 0.2) is 60.7 Å². The fourth-order valence-corrected chi connectivity index (χ4v) is 4.07. The van der Waals surface area contributed by atoms with Gasteiger partial charge in [0.15, 0.2) is 0 Å². The Morgan fingerprint density at radius 1 is 1.03 bits per heavy atom. The summed E-state index contributed by atoms with van der Waals surface area (Å²) < 4.78 is 12.5. The summed E-state index contributed by atoms with van der Waals surface area (Å²) in [6.07, 6.45) is -0.532. The Morgan fingerprint density at radius 3 is 2.23 bits per heavy atom. The molecule has 1 saturated heterocycles. The molecule has 6 nitrogen and oxygen atoms in total. The number of nitrogens with zero attached hydrogens (tertiary/aromatic N) is 2. The van der Waals surface area contributed by atoms with Crippen LogP contribution in [0.5, 0.6) is 0 Å². The number of amides is 1. The van der Waals surface area contributed by atoms with Gasteiger partial charge < -0.3 is 14.4 Å². The Kier molecular flexibility index (Phi) is 6.26. The minimum atomic E-state index is -0.532. The number of carbonyl (C=O) groups excluding carboxylic acids is 1. The van der Waals surface area contributed by atoms with E-state index >= 15 is 0 Å². The fraction of sp³-hybridized carbons (Fsp3) is 0.261. The third-order valence-corrected chi connectivity index (χ3v) is 5.35. The van der Waals surface area contributed by atoms with Crippen molar-refractivity contribution in [3.05, 3.63) is 65.7 Å². The molecule has 3 aromatic rings. The first-order chi connectivity index (χ1) is 14.7. The molecule has 0 atom stereocenters. The smallest absolute Gasteiger partial charge is 0.426 e. The van der Waals surface area contributed by atoms with E-state index in [1.807, 2.05) is 60.7 Å². The Labute approximate surface area is 180 Å². The van der Waals surface area contributed by atoms with Crippen molar-refractivity contribution >= 4 is 23.5 Å². The summed E-state index contributed by atoms with van der Waals surface area (Å²) in [5.74, 6) is 0.821. The molecule has 1 fully saturated rings. The summed E-state index contributed by atoms with van der Waals surface area (Å²) in [4.78, 5) is 14.6. The van der Waals surface area contributed by atoms with Crippen molar-refractivity contribution in [3.8, 4) is 22.4 Å². The maximum Gasteiger partial charge on any atom is 0.426 e. The maximum absolute atomic E-state index is 12.4. The SMILES string of the molecule is CCOC(=O)Nn1c(-c2ccccc2)c(Cl)c(-c2ccccc2)c1N1CCOCC1. The molecule has 0 saturated carbocycles. The van der Waals surface area contributed by atoms with E-state index < -0.39 is 6.09 Å². The molecular weight excluding hydrogens is 402 g/mol. The molecule has 0 aliphatic carbocycles. The molecule has 0 spiro atoms. The van der Waals surface area contributed by atoms with Crippen molar-refractivity contribution < 1.29 is 14.3 Å². The molecule has 0 bridgehead atoms. The molecule has 30 heavy (non-hydrogen) atoms. The topological polar surface area (TPSA) is 55.7 Å². The van der Waals surface area contributed by atoms with Gasteiger partial charge in [0.1, 0.15) is 5.82 Å². The van der Waals surface area contributed by atoms with Crippen molar-refractivity contribution in [2.24, 2.45) is 0 Å². The number of benzene rings is 2. The van der Waals surface area contributed by atoms with Gasteiger partial charge in [0.2, 0.25) is 0 Å². The van der Waals surface area contributed by atoms with Crippen molar-refractivity contribution in [2.45, 2.75) is 6.92 Å². The fourth-order valence-electron chi connectivity index (χ4n) is 3.68. The number of carbonyl (C=O) groups is 1. The summed E-state index contributed by atoms with van der Waals surface area (Å²) in [5, 5.41) is 0.575. The second-order valence-corrected chi connectivity index (χ2v) is 7.24. The molecule has 0 unspecified atom stereocenters. The lowest BCUT2D eigenvalue weighted by atomic mass is 10.1. The normalized spacial score (nSPS) is 13.9. The van der Waals surface area contributed by atoms with Gasteiger partial charge in [-0.15, -0.1) is 0 Å². The minimum Gasteiger partial charge on any atom is -0.449 e. The molecule has 1 aromatic heterocycles. The van der Waals surface area contributed by atoms with Crippen LogP contribution < -0.4 is 10.3 Å². The van der Waals surface area contributed by atoms with Gasteiger partial charge in [0.25, 0.3) is 0 Å². The van der Waals surface area contributed by atoms with E-state index in [1.54, 1.807) is 11.6 Å². The number of rotatable bonds is 5. The summed E-state index contributed by atoms with van der Waals surface area (Å²) >= 11 is 7.01. The average Bonchev–Trinajstić information content (AvgIpc) is 3.07. The number of ether oxygens (including phenoxy) is 2. The third-order valence-electron chi connectivity index (χ3n) is 4.99. The van der Waals surface area contributed by atoms with E-state index in [2.05, 4.69) is 10.3 Å². The van der Waals surface area contributed by atoms with Crippen LogP contribution in [0, 0.1) is 0 Å². The maximum atomic E-state index is 12.4. The largest absolute Gasteiger partial charge is 0.449 e. The van der Waals surface area contributed by atoms with Crippen LogP contribution in [0.3, 0.4) is 0 Å². The van der Waals surface area contributed by atoms with Crippen molar-refractivity contribution in [1.82, 2.24) is 4.68 Å². The molecule has 156 valence electrons. The first kappa shape index (κ1) is 20.3. The summed E-state index contributed by atoms with van der Waals surface area (Å²) in [7, 11) is 0. The first-order valence-electron chi connectivity index (χ1n) is 10.0. The lowest BCUT2D eigenvalue weighted by molar-refractivity contribution is 0.122. The van der Waals surface area contributed by atoms with Crippen LogP contribution in [-0.4, -0.2) is 43.7 Å². The lowest BCUT2D eigenvalue weighted by Gasteiger charge is -2.31. The van der Waals surface area contributed by atoms with E-state index in [-0.39, 0.29) is 6.61 Å². The van der Waals surface area contributed by atoms with Gasteiger partial charge in [-0.3, -0.25) is 0 Å². The molecule has 2 aromatic carbocycles. The lowest BCUT2D eigenvalue weighted by Crippen LogP contribution is -2.39. The van der Waals surface area contributed by atoms with Gasteiger partial charge in [-0.1, -0.05) is 72.3 Å². The van der Waals surface area contributed by atoms with E-state index in [0.29, 0.717) is 37.0 Å². The van der Waals surface area contributed by atoms with Crippen LogP contribution in [0.25, 0.3) is 22.4 Å². The second kappa shape index (κ2) is 9.24. The summed E-state index contributed by atoms with van der Waals surface area (Å²) in [6.45, 7) is 4.66. The number of halogens is 1. The number of anilines is 1. The molecule has 2 heterocycles. The van der Waals surface area contributed by atoms with Crippen LogP contribution in [0.2, 0.25) is 5.02 Å². The van der Waals surface area contributed by atoms with E-state index in [4.69, 9.17) is 21.1 Å². The number of morpholine rings is 1. The quantitative estimate of drug-likeness (QED) is 0.624. The number of aromatic nitrogens is 1. The van der Waals surface area contributed by atoms with Gasteiger partial charge >= 0.3 is 6.09 Å². The number of nitrogens with one attached hydrogen (secondary N) is 1. The monoisotopic (exact) mass is 425 g/mol. The van der Waals surface area contributed by atoms with E-state index in [1.165, 1.54) is 0 Å². The van der Waals surface area contributed by atoms with Gasteiger partial charge in [0, 0.05) is 24.2 Å². The second-order valence-electron chi connectivity index (χ2n) is 6.86. The molecule has 1 aliphatic heterocycles. The molecule has 1 aliphatic rings. The van der Waals surface area contributed by atoms with E-state index in [0.717, 1.165) is 22.5 Å². The first-order valence-corrected chi connectivity index (χ1v) is 10.4. The highest BCUT2D eigenvalue weighted by atomic mass is 35.5. The highest BCUT2D eigenvalue weighted by molar-refractivity contribution is 6.37. The minimum absolute atomic E-state index is 0.278. The zero-order valence-electron chi connectivity index (χ0n) is 16.8. The molecular formula is C23H24ClN3O3. The Morgan fingerprint density at radius 2 is 1.63 bits per heavy atom. The van der Waals surface area contributed by atoms with Crippen LogP contribution in [0.4, 0.5) is 10.6 Å². The Balaban J connectivity index is 1.97. The van der Waals surface area contributed by atoms with Gasteiger partial charge in [0.05, 0.1) is 30.5 Å². The van der Waals surface area contributed by atoms with Crippen molar-refractivity contribution in [3.63, 3.8) is 0 Å². The third kappa shape index (κ3) is 4.01. The van der Waals surface area contributed by atoms with Crippen molar-refractivity contribution in [1.29, 1.82) is 0 Å². The predicted octanol–water partition coefficient (Wildman–Crippen LogP) is 5.01. The molecule has 4 rings (SSSR count). The molecule has 0 radical (unpaired) electrons. The standard InChI is InChI=1S/C23H24ClN3O3/c1-2-30-23(28)25-27-21(18-11-7-4-8-12-18)20(24)19(17-9-5-3-6-10-17)22(27)26-13-15-29-16-14-26/h3-12H,2,13-16H2,1H3,(H,25,28). The Hall–Kier alpha value is -2.96. The predicted molar refractivity (Wildman–Crippen MR) is 120 cm³/mol. The zero-order valence-corrected chi connectivity index (χ0v) is 17.6. The molecule has 1 N–H and O–H groups in total. The summed E-state index contributed by atoms with van der Waals surface area (Å²) in [6, 6.07) is 19.8. The van der Waals surface area contributed by atoms with Gasteiger partial charge in [-0.25, -0.2) is 14.9 Å².